The summed E-state index contributed by atoms with van der Waals surface area (Å²) < 4.78 is 0. The summed E-state index contributed by atoms with van der Waals surface area (Å²) in [5.74, 6) is 0. The van der Waals surface area contributed by atoms with Gasteiger partial charge in [0.2, 0.25) is 0 Å². The van der Waals surface area contributed by atoms with Crippen molar-refractivity contribution in [3.63, 3.8) is 0 Å². The summed E-state index contributed by atoms with van der Waals surface area (Å²) in [6, 6.07) is 0.416. The lowest BCUT2D eigenvalue weighted by atomic mass is 10.1. The summed E-state index contributed by atoms with van der Waals surface area (Å²) in [5, 5.41) is 9.96. The van der Waals surface area contributed by atoms with Crippen molar-refractivity contribution >= 4 is 12.4 Å². The molecule has 0 aromatic rings. The maximum Gasteiger partial charge on any atom is 0.0717 e. The molecule has 1 rings (SSSR count). The maximum absolute atomic E-state index is 4.40. The lowest BCUT2D eigenvalue weighted by Crippen LogP contribution is -2.14. The van der Waals surface area contributed by atoms with Gasteiger partial charge >= 0.3 is 0 Å². The van der Waals surface area contributed by atoms with E-state index in [1.54, 1.807) is 5.12 Å². The van der Waals surface area contributed by atoms with E-state index < -0.39 is 0 Å². The maximum atomic E-state index is 4.40. The summed E-state index contributed by atoms with van der Waals surface area (Å²) in [7, 11) is 0. The molecule has 96 valence electrons. The minimum absolute atomic E-state index is 0.416. The Balaban J connectivity index is 2.65. The van der Waals surface area contributed by atoms with E-state index in [0.29, 0.717) is 6.04 Å². The number of allylic oxidation sites excluding steroid dienone is 5. The van der Waals surface area contributed by atoms with Crippen molar-refractivity contribution in [2.24, 2.45) is 10.2 Å². The molecule has 0 aliphatic heterocycles. The molecule has 0 amide bonds. The Hall–Kier alpha value is -1.90. The molecule has 1 aliphatic rings. The highest BCUT2D eigenvalue weighted by molar-refractivity contribution is 6.00. The standard InChI is InChI=1S/C15H21N3/c1-11(2)12(3)7-8-13(4)14(5)17-18(16-6)15-9-10-15/h7-8,15H,1,3-4,6,9-10H2,2,5H3/b8-7-,17-14+. The van der Waals surface area contributed by atoms with Gasteiger partial charge in [-0.1, -0.05) is 37.5 Å². The van der Waals surface area contributed by atoms with Crippen LogP contribution in [0, 0.1) is 0 Å². The molecule has 1 fully saturated rings. The minimum Gasteiger partial charge on any atom is -0.182 e. The summed E-state index contributed by atoms with van der Waals surface area (Å²) in [5.41, 5.74) is 3.51. The van der Waals surface area contributed by atoms with Gasteiger partial charge in [0, 0.05) is 6.72 Å². The Kier molecular flexibility index (Phi) is 4.84. The molecule has 0 saturated heterocycles. The highest BCUT2D eigenvalue weighted by Crippen LogP contribution is 2.27. The number of hydrazone groups is 2. The smallest absolute Gasteiger partial charge is 0.0717 e. The summed E-state index contributed by atoms with van der Waals surface area (Å²) >= 11 is 0. The molecule has 3 heteroatoms. The van der Waals surface area contributed by atoms with Crippen LogP contribution in [-0.4, -0.2) is 23.6 Å². The number of hydrogen-bond donors (Lipinski definition) is 0. The van der Waals surface area contributed by atoms with Gasteiger partial charge < -0.3 is 0 Å². The average molecular weight is 243 g/mol. The van der Waals surface area contributed by atoms with Crippen LogP contribution >= 0.6 is 0 Å². The van der Waals surface area contributed by atoms with Crippen molar-refractivity contribution in [1.29, 1.82) is 0 Å². The molecule has 0 spiro atoms. The van der Waals surface area contributed by atoms with Gasteiger partial charge in [-0.3, -0.25) is 0 Å². The van der Waals surface area contributed by atoms with E-state index in [-0.39, 0.29) is 0 Å². The minimum atomic E-state index is 0.416. The van der Waals surface area contributed by atoms with E-state index >= 15 is 0 Å². The lowest BCUT2D eigenvalue weighted by Gasteiger charge is -2.12. The fourth-order valence-electron chi connectivity index (χ4n) is 1.22. The molecule has 0 heterocycles. The van der Waals surface area contributed by atoms with Gasteiger partial charge in [-0.05, 0) is 37.8 Å². The molecular weight excluding hydrogens is 222 g/mol. The summed E-state index contributed by atoms with van der Waals surface area (Å²) in [6.45, 7) is 19.1. The normalized spacial score (nSPS) is 15.6. The second-order valence-electron chi connectivity index (χ2n) is 4.54. The van der Waals surface area contributed by atoms with E-state index in [9.17, 15) is 0 Å². The van der Waals surface area contributed by atoms with Crippen LogP contribution in [0.25, 0.3) is 0 Å². The molecule has 18 heavy (non-hydrogen) atoms. The van der Waals surface area contributed by atoms with Crippen LogP contribution in [0.15, 0.2) is 58.8 Å². The zero-order chi connectivity index (χ0) is 13.7. The van der Waals surface area contributed by atoms with Gasteiger partial charge in [0.1, 0.15) is 0 Å². The summed E-state index contributed by atoms with van der Waals surface area (Å²) in [4.78, 5) is 0. The van der Waals surface area contributed by atoms with Gasteiger partial charge in [0.05, 0.1) is 11.8 Å². The zero-order valence-electron chi connectivity index (χ0n) is 11.3. The molecular formula is C15H21N3. The third kappa shape index (κ3) is 4.17. The Labute approximate surface area is 110 Å². The molecule has 0 atom stereocenters. The van der Waals surface area contributed by atoms with Crippen LogP contribution in [0.1, 0.15) is 26.7 Å². The van der Waals surface area contributed by atoms with Crippen LogP contribution < -0.4 is 0 Å². The van der Waals surface area contributed by atoms with E-state index in [1.807, 2.05) is 26.0 Å². The highest BCUT2D eigenvalue weighted by atomic mass is 15.7. The van der Waals surface area contributed by atoms with Crippen LogP contribution in [0.2, 0.25) is 0 Å². The first-order chi connectivity index (χ1) is 8.45. The van der Waals surface area contributed by atoms with E-state index in [2.05, 4.69) is 36.7 Å². The monoisotopic (exact) mass is 243 g/mol. The van der Waals surface area contributed by atoms with Crippen molar-refractivity contribution in [3.05, 3.63) is 48.6 Å². The van der Waals surface area contributed by atoms with Gasteiger partial charge in [-0.15, -0.1) is 0 Å². The molecule has 0 radical (unpaired) electrons. The Morgan fingerprint density at radius 2 is 1.67 bits per heavy atom. The fraction of sp³-hybridized carbons (Fsp3) is 0.333. The van der Waals surface area contributed by atoms with Crippen LogP contribution in [0.3, 0.4) is 0 Å². The van der Waals surface area contributed by atoms with E-state index in [4.69, 9.17) is 0 Å². The third-order valence-corrected chi connectivity index (χ3v) is 2.77. The Morgan fingerprint density at radius 1 is 1.11 bits per heavy atom. The number of hydrogen-bond acceptors (Lipinski definition) is 3. The molecule has 0 N–H and O–H groups in total. The van der Waals surface area contributed by atoms with Crippen LogP contribution in [0.5, 0.6) is 0 Å². The predicted molar refractivity (Wildman–Crippen MR) is 79.8 cm³/mol. The molecule has 1 aliphatic carbocycles. The zero-order valence-corrected chi connectivity index (χ0v) is 11.3. The quantitative estimate of drug-likeness (QED) is 0.381. The highest BCUT2D eigenvalue weighted by Gasteiger charge is 2.28. The van der Waals surface area contributed by atoms with Crippen molar-refractivity contribution in [2.45, 2.75) is 32.7 Å². The molecule has 0 aromatic heterocycles. The Morgan fingerprint density at radius 3 is 2.11 bits per heavy atom. The second-order valence-corrected chi connectivity index (χ2v) is 4.54. The largest absolute Gasteiger partial charge is 0.182 e. The van der Waals surface area contributed by atoms with E-state index in [0.717, 1.165) is 35.3 Å². The van der Waals surface area contributed by atoms with Crippen LogP contribution in [0.4, 0.5) is 0 Å². The molecule has 0 aromatic carbocycles. The fourth-order valence-corrected chi connectivity index (χ4v) is 1.22. The van der Waals surface area contributed by atoms with Gasteiger partial charge in [0.25, 0.3) is 0 Å². The van der Waals surface area contributed by atoms with Gasteiger partial charge in [-0.2, -0.15) is 15.3 Å². The molecule has 1 saturated carbocycles. The second kappa shape index (κ2) is 6.15. The summed E-state index contributed by atoms with van der Waals surface area (Å²) in [6.07, 6.45) is 6.05. The number of rotatable bonds is 7. The van der Waals surface area contributed by atoms with Crippen molar-refractivity contribution in [3.8, 4) is 0 Å². The lowest BCUT2D eigenvalue weighted by molar-refractivity contribution is 0.296. The number of nitrogens with zero attached hydrogens (tertiary/aromatic N) is 3. The first kappa shape index (κ1) is 14.2. The van der Waals surface area contributed by atoms with E-state index in [1.165, 1.54) is 0 Å². The Bertz CT molecular complexity index is 437. The first-order valence-corrected chi connectivity index (χ1v) is 5.99. The molecule has 3 nitrogen and oxygen atoms in total. The van der Waals surface area contributed by atoms with Gasteiger partial charge in [0.15, 0.2) is 0 Å². The molecule has 0 bridgehead atoms. The predicted octanol–water partition coefficient (Wildman–Crippen LogP) is 3.69. The van der Waals surface area contributed by atoms with Gasteiger partial charge in [-0.25, -0.2) is 0 Å². The van der Waals surface area contributed by atoms with Crippen molar-refractivity contribution < 1.29 is 0 Å². The van der Waals surface area contributed by atoms with Crippen molar-refractivity contribution in [1.82, 2.24) is 5.12 Å². The topological polar surface area (TPSA) is 28.0 Å². The SMILES string of the molecule is C=NN(/N=C(\C)C(=C)/C=C\C(=C)C(=C)C)C1CC1. The molecule has 0 unspecified atom stereocenters. The average Bonchev–Trinajstić information content (AvgIpc) is 3.15. The third-order valence-electron chi connectivity index (χ3n) is 2.77. The first-order valence-electron chi connectivity index (χ1n) is 5.99. The van der Waals surface area contributed by atoms with Crippen LogP contribution in [-0.2, 0) is 0 Å². The van der Waals surface area contributed by atoms with Crippen molar-refractivity contribution in [2.75, 3.05) is 0 Å².